The zero-order valence-electron chi connectivity index (χ0n) is 22.9. The smallest absolute Gasteiger partial charge is 0.394 e. The highest BCUT2D eigenvalue weighted by atomic mass is 35.5. The van der Waals surface area contributed by atoms with Crippen LogP contribution in [0.25, 0.3) is 11.1 Å². The van der Waals surface area contributed by atoms with Gasteiger partial charge < -0.3 is 26.3 Å². The van der Waals surface area contributed by atoms with Crippen molar-refractivity contribution in [3.05, 3.63) is 87.5 Å². The van der Waals surface area contributed by atoms with Gasteiger partial charge in [0.25, 0.3) is 5.91 Å². The number of nitrogens with two attached hydrogens (primary N) is 2. The summed E-state index contributed by atoms with van der Waals surface area (Å²) in [6.07, 6.45) is 0. The molecule has 0 atom stereocenters. The lowest BCUT2D eigenvalue weighted by Crippen LogP contribution is -2.22. The molecule has 0 spiro atoms. The van der Waals surface area contributed by atoms with Gasteiger partial charge in [0.1, 0.15) is 12.4 Å². The molecule has 45 heavy (non-hydrogen) atoms. The molecule has 14 nitrogen and oxygen atoms in total. The fraction of sp³-hybridized carbons (Fsp3) is 0.115. The van der Waals surface area contributed by atoms with Crippen LogP contribution >= 0.6 is 23.2 Å². The highest BCUT2D eigenvalue weighted by Crippen LogP contribution is 2.35. The Labute approximate surface area is 266 Å². The number of halogens is 3. The highest BCUT2D eigenvalue weighted by molar-refractivity contribution is 7.86. The summed E-state index contributed by atoms with van der Waals surface area (Å²) in [5.41, 5.74) is 14.4. The zero-order chi connectivity index (χ0) is 33.5. The van der Waals surface area contributed by atoms with Gasteiger partial charge in [0, 0.05) is 17.7 Å². The summed E-state index contributed by atoms with van der Waals surface area (Å²) in [4.78, 5) is 20.3. The SMILES string of the molecule is COc1cc(CNC(=O)c2ccc(S(=O)(=O)F)cc2)ccc1OCc1nc(N)nc(N)c1-c1ccc(Cl)c(Cl)c1.O=S(=O)(O)O. The van der Waals surface area contributed by atoms with Crippen LogP contribution in [-0.2, 0) is 33.8 Å². The number of nitrogens with zero attached hydrogens (tertiary/aromatic N) is 2. The van der Waals surface area contributed by atoms with Crippen molar-refractivity contribution in [3.63, 3.8) is 0 Å². The van der Waals surface area contributed by atoms with E-state index < -0.39 is 31.4 Å². The van der Waals surface area contributed by atoms with Crippen LogP contribution in [0.3, 0.4) is 0 Å². The van der Waals surface area contributed by atoms with Crippen molar-refractivity contribution in [1.29, 1.82) is 0 Å². The second-order valence-corrected chi connectivity index (χ2v) is 11.8. The van der Waals surface area contributed by atoms with Gasteiger partial charge in [-0.2, -0.15) is 21.8 Å². The topological polar surface area (TPSA) is 234 Å². The molecule has 1 aromatic heterocycles. The summed E-state index contributed by atoms with van der Waals surface area (Å²) in [6.45, 7) is 0.0859. The third kappa shape index (κ3) is 10.4. The predicted octanol–water partition coefficient (Wildman–Crippen LogP) is 4.14. The molecule has 7 N–H and O–H groups in total. The molecule has 4 rings (SSSR count). The van der Waals surface area contributed by atoms with Crippen molar-refractivity contribution in [2.45, 2.75) is 18.0 Å². The van der Waals surface area contributed by atoms with E-state index in [9.17, 15) is 17.1 Å². The number of ether oxygens (including phenoxy) is 2. The average Bonchev–Trinajstić information content (AvgIpc) is 2.95. The maximum Gasteiger partial charge on any atom is 0.394 e. The van der Waals surface area contributed by atoms with E-state index in [1.807, 2.05) is 0 Å². The van der Waals surface area contributed by atoms with E-state index >= 15 is 0 Å². The Morgan fingerprint density at radius 2 is 1.58 bits per heavy atom. The standard InChI is InChI=1S/C26H22Cl2FN5O5S.H2O4S/c1-38-22-10-14(12-32-25(35)15-3-6-17(7-4-15)40(29,36)37)2-9-21(22)39-13-20-23(24(30)34-26(31)33-20)16-5-8-18(27)19(28)11-16;1-5(2,3)4/h2-11H,12-13H2,1H3,(H,32,35)(H4,30,31,33,34);(H2,1,2,3,4). The second-order valence-electron chi connectivity index (χ2n) is 8.78. The van der Waals surface area contributed by atoms with Crippen LogP contribution in [0.1, 0.15) is 21.6 Å². The third-order valence-electron chi connectivity index (χ3n) is 5.68. The minimum atomic E-state index is -4.85. The maximum absolute atomic E-state index is 13.1. The van der Waals surface area contributed by atoms with E-state index in [1.54, 1.807) is 36.4 Å². The lowest BCUT2D eigenvalue weighted by molar-refractivity contribution is 0.0950. The lowest BCUT2D eigenvalue weighted by atomic mass is 10.0. The molecule has 0 bridgehead atoms. The Hall–Kier alpha value is -4.26. The summed E-state index contributed by atoms with van der Waals surface area (Å²) in [7, 11) is -8.05. The Morgan fingerprint density at radius 1 is 0.933 bits per heavy atom. The van der Waals surface area contributed by atoms with Gasteiger partial charge in [0.2, 0.25) is 5.95 Å². The molecule has 0 fully saturated rings. The van der Waals surface area contributed by atoms with Gasteiger partial charge in [0.15, 0.2) is 11.5 Å². The van der Waals surface area contributed by atoms with Gasteiger partial charge in [-0.3, -0.25) is 13.9 Å². The molecular formula is C26H24Cl2FN5O9S2. The van der Waals surface area contributed by atoms with E-state index in [0.717, 1.165) is 12.1 Å². The fourth-order valence-electron chi connectivity index (χ4n) is 3.76. The molecule has 1 amide bonds. The largest absolute Gasteiger partial charge is 0.493 e. The average molecular weight is 705 g/mol. The van der Waals surface area contributed by atoms with Crippen LogP contribution in [0.2, 0.25) is 10.0 Å². The number of carbonyl (C=O) groups is 1. The molecule has 4 aromatic rings. The number of nitrogens with one attached hydrogen (secondary N) is 1. The molecule has 1 heterocycles. The van der Waals surface area contributed by atoms with Crippen molar-refractivity contribution in [2.75, 3.05) is 18.6 Å². The number of aromatic nitrogens is 2. The first-order valence-corrected chi connectivity index (χ1v) is 15.7. The molecule has 240 valence electrons. The van der Waals surface area contributed by atoms with Crippen LogP contribution in [-0.4, -0.2) is 48.9 Å². The Bertz CT molecular complexity index is 1920. The second kappa shape index (κ2) is 14.7. The van der Waals surface area contributed by atoms with Crippen LogP contribution < -0.4 is 26.3 Å². The number of hydrogen-bond acceptors (Lipinski definition) is 11. The predicted molar refractivity (Wildman–Crippen MR) is 164 cm³/mol. The first-order chi connectivity index (χ1) is 21.0. The first kappa shape index (κ1) is 35.2. The summed E-state index contributed by atoms with van der Waals surface area (Å²) in [6, 6.07) is 14.5. The summed E-state index contributed by atoms with van der Waals surface area (Å²) >= 11 is 12.2. The third-order valence-corrected chi connectivity index (χ3v) is 7.26. The Kier molecular flexibility index (Phi) is 11.5. The van der Waals surface area contributed by atoms with Gasteiger partial charge in [0.05, 0.1) is 27.7 Å². The van der Waals surface area contributed by atoms with Gasteiger partial charge in [-0.25, -0.2) is 4.98 Å². The number of anilines is 2. The van der Waals surface area contributed by atoms with E-state index in [0.29, 0.717) is 43.9 Å². The molecule has 0 saturated heterocycles. The fourth-order valence-corrected chi connectivity index (χ4v) is 4.52. The summed E-state index contributed by atoms with van der Waals surface area (Å²) in [5, 5.41) is 3.41. The normalized spacial score (nSPS) is 11.2. The summed E-state index contributed by atoms with van der Waals surface area (Å²) in [5.74, 6) is 0.407. The van der Waals surface area contributed by atoms with Crippen molar-refractivity contribution >= 4 is 61.5 Å². The van der Waals surface area contributed by atoms with E-state index in [2.05, 4.69) is 15.3 Å². The molecule has 0 aliphatic heterocycles. The van der Waals surface area contributed by atoms with Crippen LogP contribution in [0.4, 0.5) is 15.7 Å². The van der Waals surface area contributed by atoms with Gasteiger partial charge in [-0.15, -0.1) is 3.89 Å². The molecular weight excluding hydrogens is 680 g/mol. The minimum Gasteiger partial charge on any atom is -0.493 e. The molecule has 3 aromatic carbocycles. The zero-order valence-corrected chi connectivity index (χ0v) is 26.1. The quantitative estimate of drug-likeness (QED) is 0.122. The molecule has 0 saturated carbocycles. The summed E-state index contributed by atoms with van der Waals surface area (Å²) < 4.78 is 78.0. The molecule has 0 unspecified atom stereocenters. The molecule has 0 radical (unpaired) electrons. The van der Waals surface area contributed by atoms with Gasteiger partial charge >= 0.3 is 20.6 Å². The van der Waals surface area contributed by atoms with Crippen LogP contribution in [0.5, 0.6) is 11.5 Å². The maximum atomic E-state index is 13.1. The number of carbonyl (C=O) groups excluding carboxylic acids is 1. The van der Waals surface area contributed by atoms with Gasteiger partial charge in [-0.1, -0.05) is 35.3 Å². The minimum absolute atomic E-state index is 0.0288. The lowest BCUT2D eigenvalue weighted by Gasteiger charge is -2.16. The molecule has 0 aliphatic carbocycles. The number of nitrogen functional groups attached to an aromatic ring is 2. The van der Waals surface area contributed by atoms with E-state index in [-0.39, 0.29) is 30.5 Å². The number of methoxy groups -OCH3 is 1. The van der Waals surface area contributed by atoms with E-state index in [4.69, 9.17) is 61.7 Å². The number of benzene rings is 3. The number of rotatable bonds is 9. The monoisotopic (exact) mass is 703 g/mol. The van der Waals surface area contributed by atoms with Crippen LogP contribution in [0.15, 0.2) is 65.6 Å². The Morgan fingerprint density at radius 3 is 2.16 bits per heavy atom. The highest BCUT2D eigenvalue weighted by Gasteiger charge is 2.17. The Balaban J connectivity index is 0.00000102. The molecule has 0 aliphatic rings. The first-order valence-electron chi connectivity index (χ1n) is 12.2. The number of hydrogen-bond donors (Lipinski definition) is 5. The van der Waals surface area contributed by atoms with Crippen molar-refractivity contribution in [3.8, 4) is 22.6 Å². The number of amides is 1. The molecule has 19 heteroatoms. The van der Waals surface area contributed by atoms with Gasteiger partial charge in [-0.05, 0) is 59.7 Å². The van der Waals surface area contributed by atoms with Crippen molar-refractivity contribution in [1.82, 2.24) is 15.3 Å². The van der Waals surface area contributed by atoms with Crippen molar-refractivity contribution in [2.24, 2.45) is 0 Å². The van der Waals surface area contributed by atoms with E-state index in [1.165, 1.54) is 19.2 Å². The van der Waals surface area contributed by atoms with Crippen molar-refractivity contribution < 1.29 is 44.1 Å². The van der Waals surface area contributed by atoms with Crippen LogP contribution in [0, 0.1) is 0 Å².